The third kappa shape index (κ3) is 4.38. The molecule has 1 N–H and O–H groups in total. The number of aromatic nitrogens is 1. The zero-order valence-corrected chi connectivity index (χ0v) is 19.0. The van der Waals surface area contributed by atoms with E-state index >= 15 is 0 Å². The van der Waals surface area contributed by atoms with Gasteiger partial charge in [-0.2, -0.15) is 5.10 Å². The molecule has 1 aliphatic heterocycles. The lowest BCUT2D eigenvalue weighted by molar-refractivity contribution is 0.340. The van der Waals surface area contributed by atoms with Gasteiger partial charge in [0, 0.05) is 29.1 Å². The second-order valence-electron chi connectivity index (χ2n) is 7.69. The van der Waals surface area contributed by atoms with E-state index in [1.807, 2.05) is 49.4 Å². The number of hydrazone groups is 1. The Balaban J connectivity index is 1.54. The molecule has 0 saturated heterocycles. The normalized spacial score (nSPS) is 12.5. The molecule has 168 valence electrons. The number of benzene rings is 3. The van der Waals surface area contributed by atoms with E-state index in [4.69, 9.17) is 19.6 Å². The summed E-state index contributed by atoms with van der Waals surface area (Å²) in [5, 5.41) is 4.75. The van der Waals surface area contributed by atoms with Crippen molar-refractivity contribution in [2.45, 2.75) is 6.92 Å². The summed E-state index contributed by atoms with van der Waals surface area (Å²) >= 11 is 0. The van der Waals surface area contributed by atoms with Crippen LogP contribution < -0.4 is 14.9 Å². The van der Waals surface area contributed by atoms with Crippen molar-refractivity contribution in [1.82, 2.24) is 10.4 Å². The fourth-order valence-electron chi connectivity index (χ4n) is 3.83. The average Bonchev–Trinajstić information content (AvgIpc) is 3.09. The molecule has 0 spiro atoms. The monoisotopic (exact) mass is 448 g/mol. The lowest BCUT2D eigenvalue weighted by atomic mass is 9.97. The first-order chi connectivity index (χ1) is 16.7. The zero-order chi connectivity index (χ0) is 23.3. The van der Waals surface area contributed by atoms with E-state index in [0.29, 0.717) is 12.4 Å². The molecule has 1 aromatic heterocycles. The highest BCUT2D eigenvalue weighted by Crippen LogP contribution is 2.30. The zero-order valence-electron chi connectivity index (χ0n) is 19.0. The summed E-state index contributed by atoms with van der Waals surface area (Å²) in [7, 11) is 1.67. The Morgan fingerprint density at radius 3 is 2.18 bits per heavy atom. The van der Waals surface area contributed by atoms with Gasteiger partial charge < -0.3 is 9.47 Å². The summed E-state index contributed by atoms with van der Waals surface area (Å²) in [5.41, 5.74) is 9.72. The molecule has 6 heteroatoms. The lowest BCUT2D eigenvalue weighted by Crippen LogP contribution is -2.19. The van der Waals surface area contributed by atoms with Crippen LogP contribution in [0.15, 0.2) is 101 Å². The van der Waals surface area contributed by atoms with Crippen molar-refractivity contribution in [3.8, 4) is 22.6 Å². The van der Waals surface area contributed by atoms with Crippen LogP contribution in [0, 0.1) is 0 Å². The second-order valence-corrected chi connectivity index (χ2v) is 7.69. The third-order valence-corrected chi connectivity index (χ3v) is 5.56. The second kappa shape index (κ2) is 9.58. The Hall–Kier alpha value is -4.45. The number of nitrogens with one attached hydrogen (secondary N) is 1. The molecule has 0 atom stereocenters. The summed E-state index contributed by atoms with van der Waals surface area (Å²) in [4.78, 5) is 9.07. The smallest absolute Gasteiger partial charge is 0.155 e. The molecule has 0 saturated carbocycles. The third-order valence-electron chi connectivity index (χ3n) is 5.56. The number of rotatable bonds is 6. The molecule has 0 aliphatic carbocycles. The van der Waals surface area contributed by atoms with Crippen LogP contribution in [-0.4, -0.2) is 30.2 Å². The summed E-state index contributed by atoms with van der Waals surface area (Å²) < 4.78 is 11.0. The summed E-state index contributed by atoms with van der Waals surface area (Å²) in [6.07, 6.45) is 3.51. The van der Waals surface area contributed by atoms with Crippen molar-refractivity contribution >= 4 is 17.2 Å². The van der Waals surface area contributed by atoms with Crippen LogP contribution in [-0.2, 0) is 0 Å². The summed E-state index contributed by atoms with van der Waals surface area (Å²) in [6, 6.07) is 26.1. The molecular formula is C28H24N4O2. The molecule has 0 bridgehead atoms. The number of aliphatic imine (C=N–C) groups is 1. The number of fused-ring (bicyclic) bond motifs is 1. The maximum atomic E-state index is 5.76. The van der Waals surface area contributed by atoms with Gasteiger partial charge in [-0.1, -0.05) is 36.4 Å². The molecule has 3 aromatic carbocycles. The topological polar surface area (TPSA) is 68.1 Å². The average molecular weight is 449 g/mol. The molecule has 34 heavy (non-hydrogen) atoms. The van der Waals surface area contributed by atoms with E-state index in [-0.39, 0.29) is 0 Å². The number of pyridine rings is 1. The fourth-order valence-corrected chi connectivity index (χ4v) is 3.83. The van der Waals surface area contributed by atoms with Crippen LogP contribution in [0.4, 0.5) is 5.69 Å². The summed E-state index contributed by atoms with van der Waals surface area (Å²) in [6.45, 7) is 2.56. The van der Waals surface area contributed by atoms with E-state index < -0.39 is 0 Å². The standard InChI is InChI=1S/C28H24N4O2/c1-3-34-24-14-15-26-25(17-24)27(31-32-28(30-26)22-5-4-16-29-18-22)21-8-6-19(7-9-21)20-10-12-23(33-2)13-11-20/h4-18H,3H2,1-2H3,(H,30,32). The van der Waals surface area contributed by atoms with Crippen molar-refractivity contribution in [3.05, 3.63) is 108 Å². The van der Waals surface area contributed by atoms with E-state index in [9.17, 15) is 0 Å². The van der Waals surface area contributed by atoms with E-state index in [1.165, 1.54) is 0 Å². The van der Waals surface area contributed by atoms with Crippen LogP contribution in [0.3, 0.4) is 0 Å². The maximum Gasteiger partial charge on any atom is 0.155 e. The maximum absolute atomic E-state index is 5.76. The van der Waals surface area contributed by atoms with Gasteiger partial charge in [-0.3, -0.25) is 10.4 Å². The highest BCUT2D eigenvalue weighted by Gasteiger charge is 2.18. The van der Waals surface area contributed by atoms with Crippen molar-refractivity contribution in [3.63, 3.8) is 0 Å². The number of nitrogens with zero attached hydrogens (tertiary/aromatic N) is 3. The van der Waals surface area contributed by atoms with Gasteiger partial charge in [0.1, 0.15) is 17.2 Å². The Morgan fingerprint density at radius 2 is 1.50 bits per heavy atom. The molecule has 1 aliphatic rings. The van der Waals surface area contributed by atoms with Gasteiger partial charge in [0.25, 0.3) is 0 Å². The van der Waals surface area contributed by atoms with Crippen LogP contribution in [0.5, 0.6) is 11.5 Å². The summed E-state index contributed by atoms with van der Waals surface area (Å²) in [5.74, 6) is 2.26. The minimum atomic E-state index is 0.588. The Labute approximate surface area is 198 Å². The Morgan fingerprint density at radius 1 is 0.794 bits per heavy atom. The van der Waals surface area contributed by atoms with Gasteiger partial charge in [-0.15, -0.1) is 0 Å². The molecule has 0 unspecified atom stereocenters. The predicted octanol–water partition coefficient (Wildman–Crippen LogP) is 5.59. The molecule has 0 fully saturated rings. The van der Waals surface area contributed by atoms with Crippen molar-refractivity contribution in [2.75, 3.05) is 13.7 Å². The van der Waals surface area contributed by atoms with Gasteiger partial charge >= 0.3 is 0 Å². The predicted molar refractivity (Wildman–Crippen MR) is 135 cm³/mol. The van der Waals surface area contributed by atoms with E-state index in [0.717, 1.165) is 50.7 Å². The van der Waals surface area contributed by atoms with Crippen LogP contribution >= 0.6 is 0 Å². The number of hydrogen-bond acceptors (Lipinski definition) is 6. The molecule has 0 amide bonds. The molecule has 6 nitrogen and oxygen atoms in total. The molecular weight excluding hydrogens is 424 g/mol. The number of hydrogen-bond donors (Lipinski definition) is 1. The minimum Gasteiger partial charge on any atom is -0.497 e. The number of amidine groups is 1. The highest BCUT2D eigenvalue weighted by molar-refractivity contribution is 6.18. The molecule has 2 heterocycles. The van der Waals surface area contributed by atoms with Gasteiger partial charge in [-0.25, -0.2) is 4.99 Å². The number of methoxy groups -OCH3 is 1. The van der Waals surface area contributed by atoms with Crippen LogP contribution in [0.1, 0.15) is 23.6 Å². The van der Waals surface area contributed by atoms with E-state index in [2.05, 4.69) is 46.8 Å². The first kappa shape index (κ1) is 21.4. The van der Waals surface area contributed by atoms with Crippen molar-refractivity contribution in [1.29, 1.82) is 0 Å². The van der Waals surface area contributed by atoms with Gasteiger partial charge in [0.05, 0.1) is 19.4 Å². The molecule has 0 radical (unpaired) electrons. The fraction of sp³-hybridized carbons (Fsp3) is 0.107. The van der Waals surface area contributed by atoms with Gasteiger partial charge in [0.15, 0.2) is 5.84 Å². The first-order valence-corrected chi connectivity index (χ1v) is 11.1. The van der Waals surface area contributed by atoms with Crippen LogP contribution in [0.2, 0.25) is 0 Å². The Kier molecular flexibility index (Phi) is 6.03. The SMILES string of the molecule is CCOc1ccc2c(c1)C(c1ccc(-c3ccc(OC)cc3)cc1)=NNC(c1cccnc1)=N2. The van der Waals surface area contributed by atoms with Crippen molar-refractivity contribution in [2.24, 2.45) is 10.1 Å². The minimum absolute atomic E-state index is 0.588. The molecule has 5 rings (SSSR count). The first-order valence-electron chi connectivity index (χ1n) is 11.1. The van der Waals surface area contributed by atoms with Gasteiger partial charge in [-0.05, 0) is 60.5 Å². The largest absolute Gasteiger partial charge is 0.497 e. The van der Waals surface area contributed by atoms with E-state index in [1.54, 1.807) is 19.5 Å². The van der Waals surface area contributed by atoms with Gasteiger partial charge in [0.2, 0.25) is 0 Å². The van der Waals surface area contributed by atoms with Crippen LogP contribution in [0.25, 0.3) is 11.1 Å². The van der Waals surface area contributed by atoms with Crippen molar-refractivity contribution < 1.29 is 9.47 Å². The quantitative estimate of drug-likeness (QED) is 0.418. The molecule has 4 aromatic rings. The highest BCUT2D eigenvalue weighted by atomic mass is 16.5. The Bertz CT molecular complexity index is 1350. The number of ether oxygens (including phenoxy) is 2. The lowest BCUT2D eigenvalue weighted by Gasteiger charge is -2.11.